The lowest BCUT2D eigenvalue weighted by Crippen LogP contribution is -2.01. The standard InChI is InChI=1S/C18H21O3P/c1-4-7-9-10-12-13-17-15-18(14-11-8-5-2)21-22(19,16-17)20-6-3/h1,15-16H,5-6,8,11,13-14H2,2-3H3. The molecule has 0 fully saturated rings. The maximum Gasteiger partial charge on any atom is 0.403 e. The lowest BCUT2D eigenvalue weighted by Gasteiger charge is -2.22. The Labute approximate surface area is 133 Å². The number of hydrogen-bond donors (Lipinski definition) is 0. The molecule has 4 heteroatoms. The highest BCUT2D eigenvalue weighted by molar-refractivity contribution is 7.57. The Morgan fingerprint density at radius 1 is 1.27 bits per heavy atom. The van der Waals surface area contributed by atoms with Crippen LogP contribution in [0.3, 0.4) is 0 Å². The largest absolute Gasteiger partial charge is 0.426 e. The molecule has 0 saturated heterocycles. The van der Waals surface area contributed by atoms with Crippen LogP contribution >= 0.6 is 7.60 Å². The lowest BCUT2D eigenvalue weighted by molar-refractivity contribution is 0.251. The fraction of sp³-hybridized carbons (Fsp3) is 0.444. The van der Waals surface area contributed by atoms with E-state index in [1.807, 2.05) is 6.08 Å². The van der Waals surface area contributed by atoms with Gasteiger partial charge in [-0.05, 0) is 48.7 Å². The highest BCUT2D eigenvalue weighted by atomic mass is 31.2. The van der Waals surface area contributed by atoms with Crippen molar-refractivity contribution in [3.8, 4) is 36.0 Å². The Morgan fingerprint density at radius 2 is 2.09 bits per heavy atom. The van der Waals surface area contributed by atoms with E-state index in [4.69, 9.17) is 15.5 Å². The zero-order valence-corrected chi connectivity index (χ0v) is 14.0. The fourth-order valence-electron chi connectivity index (χ4n) is 1.93. The average molecular weight is 316 g/mol. The molecule has 1 rings (SSSR count). The van der Waals surface area contributed by atoms with Gasteiger partial charge in [0.25, 0.3) is 0 Å². The molecule has 0 spiro atoms. The SMILES string of the molecule is C#CC#CC#CCC1=CP(=O)(OCC)OC(CCCCC)=C1. The van der Waals surface area contributed by atoms with Crippen molar-refractivity contribution in [2.24, 2.45) is 0 Å². The van der Waals surface area contributed by atoms with Crippen LogP contribution in [0.1, 0.15) is 46.0 Å². The van der Waals surface area contributed by atoms with Crippen LogP contribution in [0.25, 0.3) is 0 Å². The topological polar surface area (TPSA) is 35.5 Å². The number of unbranched alkanes of at least 4 members (excludes halogenated alkanes) is 2. The lowest BCUT2D eigenvalue weighted by atomic mass is 10.1. The van der Waals surface area contributed by atoms with Gasteiger partial charge < -0.3 is 4.52 Å². The molecule has 0 aromatic rings. The summed E-state index contributed by atoms with van der Waals surface area (Å²) in [6.45, 7) is 4.27. The van der Waals surface area contributed by atoms with Gasteiger partial charge in [-0.15, -0.1) is 6.42 Å². The smallest absolute Gasteiger partial charge is 0.403 e. The van der Waals surface area contributed by atoms with E-state index in [0.717, 1.165) is 31.3 Å². The number of hydrogen-bond acceptors (Lipinski definition) is 3. The van der Waals surface area contributed by atoms with Crippen LogP contribution in [-0.4, -0.2) is 6.61 Å². The van der Waals surface area contributed by atoms with Gasteiger partial charge in [0.05, 0.1) is 6.61 Å². The van der Waals surface area contributed by atoms with Gasteiger partial charge in [0.15, 0.2) is 0 Å². The molecule has 0 aromatic heterocycles. The minimum atomic E-state index is -3.20. The summed E-state index contributed by atoms with van der Waals surface area (Å²) in [4.78, 5) is 0. The summed E-state index contributed by atoms with van der Waals surface area (Å²) in [7, 11) is -3.20. The summed E-state index contributed by atoms with van der Waals surface area (Å²) in [5.74, 6) is 15.0. The zero-order valence-electron chi connectivity index (χ0n) is 13.1. The molecule has 0 amide bonds. The molecular formula is C18H21O3P. The van der Waals surface area contributed by atoms with E-state index in [9.17, 15) is 4.57 Å². The summed E-state index contributed by atoms with van der Waals surface area (Å²) >= 11 is 0. The van der Waals surface area contributed by atoms with E-state index < -0.39 is 7.60 Å². The van der Waals surface area contributed by atoms with Gasteiger partial charge in [0.1, 0.15) is 5.76 Å². The molecule has 1 heterocycles. The first-order chi connectivity index (χ1) is 10.6. The van der Waals surface area contributed by atoms with Crippen molar-refractivity contribution in [1.29, 1.82) is 0 Å². The molecule has 0 bridgehead atoms. The van der Waals surface area contributed by atoms with E-state index >= 15 is 0 Å². The van der Waals surface area contributed by atoms with Crippen molar-refractivity contribution in [3.05, 3.63) is 23.2 Å². The van der Waals surface area contributed by atoms with Crippen LogP contribution in [0, 0.1) is 36.0 Å². The normalized spacial score (nSPS) is 19.3. The molecular weight excluding hydrogens is 295 g/mol. The Kier molecular flexibility index (Phi) is 8.25. The predicted molar refractivity (Wildman–Crippen MR) is 89.6 cm³/mol. The molecule has 22 heavy (non-hydrogen) atoms. The van der Waals surface area contributed by atoms with E-state index in [0.29, 0.717) is 18.8 Å². The third-order valence-corrected chi connectivity index (χ3v) is 4.58. The van der Waals surface area contributed by atoms with E-state index in [-0.39, 0.29) is 0 Å². The predicted octanol–water partition coefficient (Wildman–Crippen LogP) is 4.62. The van der Waals surface area contributed by atoms with Gasteiger partial charge in [0.2, 0.25) is 0 Å². The molecule has 1 aliphatic rings. The highest BCUT2D eigenvalue weighted by Gasteiger charge is 2.27. The minimum absolute atomic E-state index is 0.336. The van der Waals surface area contributed by atoms with Gasteiger partial charge in [-0.1, -0.05) is 25.7 Å². The molecule has 0 saturated carbocycles. The van der Waals surface area contributed by atoms with Crippen molar-refractivity contribution < 1.29 is 13.6 Å². The molecule has 0 aromatic carbocycles. The first-order valence-electron chi connectivity index (χ1n) is 7.43. The van der Waals surface area contributed by atoms with Crippen LogP contribution in [0.5, 0.6) is 0 Å². The van der Waals surface area contributed by atoms with Crippen LogP contribution in [0.4, 0.5) is 0 Å². The third kappa shape index (κ3) is 6.74. The third-order valence-electron chi connectivity index (χ3n) is 2.83. The molecule has 0 N–H and O–H groups in total. The Morgan fingerprint density at radius 3 is 2.77 bits per heavy atom. The van der Waals surface area contributed by atoms with Crippen LogP contribution in [-0.2, 0) is 13.6 Å². The summed E-state index contributed by atoms with van der Waals surface area (Å²) in [6.07, 6.45) is 11.3. The minimum Gasteiger partial charge on any atom is -0.426 e. The average Bonchev–Trinajstić information content (AvgIpc) is 2.47. The van der Waals surface area contributed by atoms with Crippen molar-refractivity contribution in [2.75, 3.05) is 6.61 Å². The molecule has 3 nitrogen and oxygen atoms in total. The second-order valence-corrected chi connectivity index (χ2v) is 6.47. The van der Waals surface area contributed by atoms with E-state index in [1.165, 1.54) is 0 Å². The monoisotopic (exact) mass is 316 g/mol. The van der Waals surface area contributed by atoms with Gasteiger partial charge in [-0.25, -0.2) is 4.57 Å². The molecule has 1 unspecified atom stereocenters. The molecule has 0 radical (unpaired) electrons. The highest BCUT2D eigenvalue weighted by Crippen LogP contribution is 2.55. The summed E-state index contributed by atoms with van der Waals surface area (Å²) in [5, 5.41) is 0. The molecule has 1 aliphatic heterocycles. The summed E-state index contributed by atoms with van der Waals surface area (Å²) < 4.78 is 23.4. The van der Waals surface area contributed by atoms with Crippen LogP contribution in [0.15, 0.2) is 23.2 Å². The quantitative estimate of drug-likeness (QED) is 0.390. The van der Waals surface area contributed by atoms with Crippen molar-refractivity contribution in [2.45, 2.75) is 46.0 Å². The van der Waals surface area contributed by atoms with Gasteiger partial charge in [-0.2, -0.15) is 0 Å². The van der Waals surface area contributed by atoms with Gasteiger partial charge in [0, 0.05) is 18.7 Å². The second kappa shape index (κ2) is 9.97. The fourth-order valence-corrected chi connectivity index (χ4v) is 3.51. The molecule has 1 atom stereocenters. The number of terminal acetylenes is 1. The van der Waals surface area contributed by atoms with Gasteiger partial charge >= 0.3 is 7.60 Å². The van der Waals surface area contributed by atoms with E-state index in [1.54, 1.807) is 12.7 Å². The Balaban J connectivity index is 2.83. The maximum atomic E-state index is 12.6. The maximum absolute atomic E-state index is 12.6. The number of allylic oxidation sites excluding steroid dienone is 3. The van der Waals surface area contributed by atoms with Crippen molar-refractivity contribution in [3.63, 3.8) is 0 Å². The first kappa shape index (κ1) is 18.2. The molecule has 0 aliphatic carbocycles. The first-order valence-corrected chi connectivity index (χ1v) is 9.04. The summed E-state index contributed by atoms with van der Waals surface area (Å²) in [6, 6.07) is 0. The van der Waals surface area contributed by atoms with Gasteiger partial charge in [-0.3, -0.25) is 4.52 Å². The van der Waals surface area contributed by atoms with E-state index in [2.05, 4.69) is 36.5 Å². The number of rotatable bonds is 7. The summed E-state index contributed by atoms with van der Waals surface area (Å²) in [5.41, 5.74) is 0.838. The van der Waals surface area contributed by atoms with Crippen molar-refractivity contribution >= 4 is 7.60 Å². The van der Waals surface area contributed by atoms with Crippen LogP contribution < -0.4 is 0 Å². The molecule has 116 valence electrons. The Hall–Kier alpha value is -1.85. The zero-order chi connectivity index (χ0) is 16.3. The van der Waals surface area contributed by atoms with Crippen LogP contribution in [0.2, 0.25) is 0 Å². The van der Waals surface area contributed by atoms with Crippen molar-refractivity contribution in [1.82, 2.24) is 0 Å². The second-order valence-electron chi connectivity index (χ2n) is 4.69. The Bertz CT molecular complexity index is 642.